The lowest BCUT2D eigenvalue weighted by Gasteiger charge is -2.16. The maximum Gasteiger partial charge on any atom is 0.220 e. The van der Waals surface area contributed by atoms with E-state index < -0.39 is 0 Å². The molecule has 3 nitrogen and oxygen atoms in total. The van der Waals surface area contributed by atoms with Crippen LogP contribution in [0.3, 0.4) is 0 Å². The summed E-state index contributed by atoms with van der Waals surface area (Å²) in [7, 11) is 1.90. The first kappa shape index (κ1) is 17.9. The molecule has 19 heavy (non-hydrogen) atoms. The molecule has 108 valence electrons. The van der Waals surface area contributed by atoms with Gasteiger partial charge in [-0.2, -0.15) is 0 Å². The van der Waals surface area contributed by atoms with E-state index in [0.29, 0.717) is 12.3 Å². The lowest BCUT2D eigenvalue weighted by molar-refractivity contribution is -0.121. The van der Waals surface area contributed by atoms with Crippen molar-refractivity contribution in [3.63, 3.8) is 0 Å². The Balaban J connectivity index is 0.00000324. The molecule has 0 heterocycles. The van der Waals surface area contributed by atoms with Crippen LogP contribution in [0.25, 0.3) is 0 Å². The van der Waals surface area contributed by atoms with Crippen LogP contribution in [-0.4, -0.2) is 26.0 Å². The standard InChI is InChI=1S/C15H24N2O.ClH/c1-3-13(14-8-5-4-6-9-14)12-17-15(18)10-7-11-16-2;/h4-6,8-9,13,16H,3,7,10-12H2,1-2H3,(H,17,18);1H. The van der Waals surface area contributed by atoms with E-state index in [1.807, 2.05) is 25.2 Å². The second kappa shape index (κ2) is 10.8. The molecule has 0 aliphatic carbocycles. The summed E-state index contributed by atoms with van der Waals surface area (Å²) in [6.07, 6.45) is 2.54. The van der Waals surface area contributed by atoms with E-state index in [0.717, 1.165) is 25.9 Å². The zero-order chi connectivity index (χ0) is 13.2. The molecule has 0 spiro atoms. The molecule has 0 aliphatic heterocycles. The van der Waals surface area contributed by atoms with Gasteiger partial charge in [0, 0.05) is 18.9 Å². The Bertz CT molecular complexity index is 343. The van der Waals surface area contributed by atoms with E-state index in [-0.39, 0.29) is 18.3 Å². The average Bonchev–Trinajstić information content (AvgIpc) is 2.41. The van der Waals surface area contributed by atoms with Gasteiger partial charge in [0.15, 0.2) is 0 Å². The molecule has 1 amide bonds. The highest BCUT2D eigenvalue weighted by Crippen LogP contribution is 2.17. The maximum atomic E-state index is 11.6. The lowest BCUT2D eigenvalue weighted by atomic mass is 9.96. The molecular formula is C15H25ClN2O. The summed E-state index contributed by atoms with van der Waals surface area (Å²) in [5, 5.41) is 6.07. The van der Waals surface area contributed by atoms with E-state index in [2.05, 4.69) is 29.7 Å². The van der Waals surface area contributed by atoms with Gasteiger partial charge in [-0.05, 0) is 32.0 Å². The van der Waals surface area contributed by atoms with Crippen LogP contribution < -0.4 is 10.6 Å². The molecule has 2 N–H and O–H groups in total. The first-order valence-corrected chi connectivity index (χ1v) is 6.74. The van der Waals surface area contributed by atoms with Crippen molar-refractivity contribution in [1.82, 2.24) is 10.6 Å². The maximum absolute atomic E-state index is 11.6. The minimum Gasteiger partial charge on any atom is -0.355 e. The van der Waals surface area contributed by atoms with Crippen molar-refractivity contribution in [3.05, 3.63) is 35.9 Å². The van der Waals surface area contributed by atoms with Crippen molar-refractivity contribution in [2.75, 3.05) is 20.1 Å². The Morgan fingerprint density at radius 2 is 1.95 bits per heavy atom. The van der Waals surface area contributed by atoms with Crippen molar-refractivity contribution >= 4 is 18.3 Å². The van der Waals surface area contributed by atoms with E-state index in [1.165, 1.54) is 5.56 Å². The zero-order valence-electron chi connectivity index (χ0n) is 11.8. The third-order valence-electron chi connectivity index (χ3n) is 3.14. The predicted molar refractivity (Wildman–Crippen MR) is 82.9 cm³/mol. The number of carbonyl (C=O) groups excluding carboxylic acids is 1. The smallest absolute Gasteiger partial charge is 0.220 e. The van der Waals surface area contributed by atoms with Gasteiger partial charge >= 0.3 is 0 Å². The van der Waals surface area contributed by atoms with Gasteiger partial charge in [-0.15, -0.1) is 12.4 Å². The minimum atomic E-state index is 0. The predicted octanol–water partition coefficient (Wildman–Crippen LogP) is 2.72. The van der Waals surface area contributed by atoms with Crippen molar-refractivity contribution < 1.29 is 4.79 Å². The van der Waals surface area contributed by atoms with E-state index in [4.69, 9.17) is 0 Å². The lowest BCUT2D eigenvalue weighted by Crippen LogP contribution is -2.28. The molecule has 0 saturated carbocycles. The second-order valence-corrected chi connectivity index (χ2v) is 4.53. The number of nitrogens with one attached hydrogen (secondary N) is 2. The summed E-state index contributed by atoms with van der Waals surface area (Å²) in [6.45, 7) is 3.78. The molecule has 0 aliphatic rings. The van der Waals surface area contributed by atoms with Crippen molar-refractivity contribution in [1.29, 1.82) is 0 Å². The first-order chi connectivity index (χ1) is 8.77. The minimum absolute atomic E-state index is 0. The fraction of sp³-hybridized carbons (Fsp3) is 0.533. The third-order valence-corrected chi connectivity index (χ3v) is 3.14. The number of hydrogen-bond acceptors (Lipinski definition) is 2. The first-order valence-electron chi connectivity index (χ1n) is 6.74. The van der Waals surface area contributed by atoms with Gasteiger partial charge in [0.25, 0.3) is 0 Å². The van der Waals surface area contributed by atoms with Crippen LogP contribution in [0.5, 0.6) is 0 Å². The molecule has 1 atom stereocenters. The molecule has 1 aromatic carbocycles. The molecule has 0 radical (unpaired) electrons. The van der Waals surface area contributed by atoms with Gasteiger partial charge in [0.1, 0.15) is 0 Å². The Morgan fingerprint density at radius 1 is 1.26 bits per heavy atom. The van der Waals surface area contributed by atoms with Gasteiger partial charge in [-0.25, -0.2) is 0 Å². The SMILES string of the molecule is CCC(CNC(=O)CCCNC)c1ccccc1.Cl. The Hall–Kier alpha value is -1.06. The van der Waals surface area contributed by atoms with Crippen LogP contribution in [-0.2, 0) is 4.79 Å². The van der Waals surface area contributed by atoms with Crippen molar-refractivity contribution in [3.8, 4) is 0 Å². The molecular weight excluding hydrogens is 260 g/mol. The summed E-state index contributed by atoms with van der Waals surface area (Å²) in [4.78, 5) is 11.6. The van der Waals surface area contributed by atoms with Gasteiger partial charge in [0.2, 0.25) is 5.91 Å². The molecule has 0 bridgehead atoms. The fourth-order valence-corrected chi connectivity index (χ4v) is 1.97. The molecule has 1 unspecified atom stereocenters. The Labute approximate surface area is 122 Å². The number of carbonyl (C=O) groups is 1. The normalized spacial score (nSPS) is 11.5. The monoisotopic (exact) mass is 284 g/mol. The van der Waals surface area contributed by atoms with Crippen LogP contribution >= 0.6 is 12.4 Å². The van der Waals surface area contributed by atoms with Gasteiger partial charge in [-0.3, -0.25) is 4.79 Å². The number of halogens is 1. The zero-order valence-corrected chi connectivity index (χ0v) is 12.6. The summed E-state index contributed by atoms with van der Waals surface area (Å²) >= 11 is 0. The summed E-state index contributed by atoms with van der Waals surface area (Å²) < 4.78 is 0. The number of amides is 1. The van der Waals surface area contributed by atoms with Gasteiger partial charge in [-0.1, -0.05) is 37.3 Å². The topological polar surface area (TPSA) is 41.1 Å². The summed E-state index contributed by atoms with van der Waals surface area (Å²) in [6, 6.07) is 10.4. The van der Waals surface area contributed by atoms with Crippen LogP contribution in [0.15, 0.2) is 30.3 Å². The van der Waals surface area contributed by atoms with Crippen LogP contribution in [0.2, 0.25) is 0 Å². The van der Waals surface area contributed by atoms with Gasteiger partial charge in [0.05, 0.1) is 0 Å². The second-order valence-electron chi connectivity index (χ2n) is 4.53. The number of benzene rings is 1. The molecule has 1 rings (SSSR count). The highest BCUT2D eigenvalue weighted by molar-refractivity contribution is 5.85. The van der Waals surface area contributed by atoms with E-state index in [1.54, 1.807) is 0 Å². The van der Waals surface area contributed by atoms with Crippen LogP contribution in [0, 0.1) is 0 Å². The Kier molecular flexibility index (Phi) is 10.2. The summed E-state index contributed by atoms with van der Waals surface area (Å²) in [5.41, 5.74) is 1.30. The third kappa shape index (κ3) is 7.19. The largest absolute Gasteiger partial charge is 0.355 e. The molecule has 0 fully saturated rings. The molecule has 4 heteroatoms. The van der Waals surface area contributed by atoms with Crippen LogP contribution in [0.1, 0.15) is 37.7 Å². The molecule has 0 saturated heterocycles. The molecule has 1 aromatic rings. The highest BCUT2D eigenvalue weighted by Gasteiger charge is 2.10. The van der Waals surface area contributed by atoms with Gasteiger partial charge < -0.3 is 10.6 Å². The fourth-order valence-electron chi connectivity index (χ4n) is 1.97. The number of hydrogen-bond donors (Lipinski definition) is 2. The Morgan fingerprint density at radius 3 is 2.53 bits per heavy atom. The van der Waals surface area contributed by atoms with Crippen molar-refractivity contribution in [2.45, 2.75) is 32.1 Å². The highest BCUT2D eigenvalue weighted by atomic mass is 35.5. The number of rotatable bonds is 8. The van der Waals surface area contributed by atoms with Crippen molar-refractivity contribution in [2.24, 2.45) is 0 Å². The average molecular weight is 285 g/mol. The van der Waals surface area contributed by atoms with E-state index >= 15 is 0 Å². The van der Waals surface area contributed by atoms with Crippen LogP contribution in [0.4, 0.5) is 0 Å². The summed E-state index contributed by atoms with van der Waals surface area (Å²) in [5.74, 6) is 0.569. The quantitative estimate of drug-likeness (QED) is 0.721. The van der Waals surface area contributed by atoms with E-state index in [9.17, 15) is 4.79 Å². The molecule has 0 aromatic heterocycles.